The Morgan fingerprint density at radius 3 is 0.867 bits per heavy atom. The highest BCUT2D eigenvalue weighted by Crippen LogP contribution is 2.15. The predicted molar refractivity (Wildman–Crippen MR) is 325 cm³/mol. The number of ether oxygens (including phenoxy) is 3. The Balaban J connectivity index is 4.53. The Bertz CT molecular complexity index is 1620. The van der Waals surface area contributed by atoms with Crippen molar-refractivity contribution < 1.29 is 28.6 Å². The first-order valence-corrected chi connectivity index (χ1v) is 30.7. The molecule has 75 heavy (non-hydrogen) atoms. The van der Waals surface area contributed by atoms with Gasteiger partial charge in [0.1, 0.15) is 13.2 Å². The number of hydrogen-bond acceptors (Lipinski definition) is 6. The summed E-state index contributed by atoms with van der Waals surface area (Å²) in [7, 11) is 0. The minimum atomic E-state index is -0.819. The van der Waals surface area contributed by atoms with Gasteiger partial charge in [-0.05, 0) is 109 Å². The number of unbranched alkanes of at least 4 members (excludes halogenated alkanes) is 21. The molecule has 0 rings (SSSR count). The zero-order chi connectivity index (χ0) is 54.3. The minimum absolute atomic E-state index is 0.108. The predicted octanol–water partition coefficient (Wildman–Crippen LogP) is 21.0. The van der Waals surface area contributed by atoms with E-state index in [1.54, 1.807) is 0 Å². The standard InChI is InChI=1S/C69H112O6/c1-4-7-10-13-16-19-22-25-28-31-32-33-34-35-36-39-41-44-47-50-53-56-59-62-68(71)74-65-66(75-69(72)63-60-57-54-51-48-45-42-38-30-27-24-21-18-15-12-9-6-3)64-73-67(70)61-58-55-52-49-46-43-40-37-29-26-23-20-17-14-11-8-5-2/h7,9-10,12,16,18-19,21,25,27-28,30,32-33,35-36,41-42,44-45,50,53,66H,4-6,8,11,13-15,17,20,22-24,26,29,31,34,37-40,43,46-49,51-52,54-65H2,1-3H3/b10-7-,12-9-,19-16-,21-18-,28-25-,30-27-,33-32-,36-35-,44-41-,45-42-,53-50-. The van der Waals surface area contributed by atoms with Crippen LogP contribution in [0.25, 0.3) is 0 Å². The molecule has 1 atom stereocenters. The van der Waals surface area contributed by atoms with Gasteiger partial charge in [-0.25, -0.2) is 0 Å². The number of esters is 3. The van der Waals surface area contributed by atoms with E-state index < -0.39 is 6.10 Å². The third kappa shape index (κ3) is 60.3. The molecule has 0 spiro atoms. The van der Waals surface area contributed by atoms with E-state index in [9.17, 15) is 14.4 Å². The summed E-state index contributed by atoms with van der Waals surface area (Å²) in [5, 5.41) is 0. The van der Waals surface area contributed by atoms with E-state index in [1.807, 2.05) is 0 Å². The summed E-state index contributed by atoms with van der Waals surface area (Å²) < 4.78 is 16.8. The maximum Gasteiger partial charge on any atom is 0.306 e. The number of allylic oxidation sites excluding steroid dienone is 22. The molecule has 0 aromatic carbocycles. The fourth-order valence-electron chi connectivity index (χ4n) is 8.13. The van der Waals surface area contributed by atoms with Gasteiger partial charge in [-0.1, -0.05) is 270 Å². The Kier molecular flexibility index (Phi) is 58.4. The molecule has 0 aliphatic carbocycles. The van der Waals surface area contributed by atoms with Crippen molar-refractivity contribution in [3.8, 4) is 0 Å². The molecule has 424 valence electrons. The molecule has 0 aliphatic rings. The molecule has 0 aromatic rings. The Morgan fingerprint density at radius 2 is 0.533 bits per heavy atom. The van der Waals surface area contributed by atoms with Gasteiger partial charge in [-0.15, -0.1) is 0 Å². The average molecular weight is 1040 g/mol. The Hall–Kier alpha value is -4.45. The third-order valence-corrected chi connectivity index (χ3v) is 12.7. The first-order chi connectivity index (χ1) is 37.0. The SMILES string of the molecule is CC/C=C\C/C=C\C/C=C\C/C=C\C/C=C\C/C=C\C/C=C\CCCC(=O)OCC(COC(=O)CCCCCCCCCCCCCCCCCCC)OC(=O)CCCCCC/C=C\C/C=C\C/C=C\C/C=C\CC. The Morgan fingerprint density at radius 1 is 0.280 bits per heavy atom. The topological polar surface area (TPSA) is 78.9 Å². The lowest BCUT2D eigenvalue weighted by molar-refractivity contribution is -0.167. The van der Waals surface area contributed by atoms with Crippen LogP contribution in [0.5, 0.6) is 0 Å². The van der Waals surface area contributed by atoms with Crippen LogP contribution in [0.3, 0.4) is 0 Å². The fourth-order valence-corrected chi connectivity index (χ4v) is 8.13. The summed E-state index contributed by atoms with van der Waals surface area (Å²) in [6, 6.07) is 0. The maximum atomic E-state index is 12.9. The highest BCUT2D eigenvalue weighted by molar-refractivity contribution is 5.71. The normalized spacial score (nSPS) is 13.1. The fraction of sp³-hybridized carbons (Fsp3) is 0.638. The highest BCUT2D eigenvalue weighted by Gasteiger charge is 2.19. The van der Waals surface area contributed by atoms with Gasteiger partial charge in [0, 0.05) is 19.3 Å². The van der Waals surface area contributed by atoms with Crippen LogP contribution in [0.15, 0.2) is 134 Å². The van der Waals surface area contributed by atoms with Gasteiger partial charge < -0.3 is 14.2 Å². The summed E-state index contributed by atoms with van der Waals surface area (Å²) in [6.45, 7) is 6.36. The van der Waals surface area contributed by atoms with Crippen LogP contribution in [-0.4, -0.2) is 37.2 Å². The second-order valence-electron chi connectivity index (χ2n) is 19.9. The molecule has 0 aliphatic heterocycles. The van der Waals surface area contributed by atoms with E-state index in [0.29, 0.717) is 12.8 Å². The van der Waals surface area contributed by atoms with Crippen LogP contribution >= 0.6 is 0 Å². The van der Waals surface area contributed by atoms with Crippen LogP contribution in [0.2, 0.25) is 0 Å². The summed E-state index contributed by atoms with van der Waals surface area (Å²) in [6.07, 6.45) is 87.4. The van der Waals surface area contributed by atoms with Crippen molar-refractivity contribution in [2.75, 3.05) is 13.2 Å². The van der Waals surface area contributed by atoms with Crippen molar-refractivity contribution in [2.45, 2.75) is 271 Å². The molecular weight excluding hydrogens is 925 g/mol. The van der Waals surface area contributed by atoms with Gasteiger partial charge in [-0.3, -0.25) is 14.4 Å². The summed E-state index contributed by atoms with van der Waals surface area (Å²) >= 11 is 0. The maximum absolute atomic E-state index is 12.9. The van der Waals surface area contributed by atoms with Gasteiger partial charge >= 0.3 is 17.9 Å². The van der Waals surface area contributed by atoms with Crippen LogP contribution in [0, 0.1) is 0 Å². The second kappa shape index (κ2) is 62.1. The van der Waals surface area contributed by atoms with E-state index >= 15 is 0 Å². The lowest BCUT2D eigenvalue weighted by Crippen LogP contribution is -2.30. The molecule has 0 heterocycles. The quantitative estimate of drug-likeness (QED) is 0.0261. The van der Waals surface area contributed by atoms with Crippen molar-refractivity contribution >= 4 is 17.9 Å². The second-order valence-corrected chi connectivity index (χ2v) is 19.9. The number of hydrogen-bond donors (Lipinski definition) is 0. The first-order valence-electron chi connectivity index (χ1n) is 30.7. The molecule has 0 saturated heterocycles. The lowest BCUT2D eigenvalue weighted by atomic mass is 10.0. The summed E-state index contributed by atoms with van der Waals surface area (Å²) in [4.78, 5) is 38.3. The number of rotatable bonds is 54. The molecule has 0 aromatic heterocycles. The van der Waals surface area contributed by atoms with Crippen molar-refractivity contribution in [3.05, 3.63) is 134 Å². The van der Waals surface area contributed by atoms with Crippen molar-refractivity contribution in [1.82, 2.24) is 0 Å². The largest absolute Gasteiger partial charge is 0.462 e. The van der Waals surface area contributed by atoms with Crippen molar-refractivity contribution in [1.29, 1.82) is 0 Å². The molecule has 6 nitrogen and oxygen atoms in total. The van der Waals surface area contributed by atoms with Crippen LogP contribution in [0.4, 0.5) is 0 Å². The van der Waals surface area contributed by atoms with Crippen LogP contribution < -0.4 is 0 Å². The highest BCUT2D eigenvalue weighted by atomic mass is 16.6. The number of carbonyl (C=O) groups is 3. The minimum Gasteiger partial charge on any atom is -0.462 e. The molecule has 0 fully saturated rings. The van der Waals surface area contributed by atoms with Gasteiger partial charge in [0.2, 0.25) is 0 Å². The van der Waals surface area contributed by atoms with E-state index in [1.165, 1.54) is 89.9 Å². The molecule has 6 heteroatoms. The summed E-state index contributed by atoms with van der Waals surface area (Å²) in [5.74, 6) is -0.992. The monoisotopic (exact) mass is 1040 g/mol. The zero-order valence-corrected chi connectivity index (χ0v) is 48.5. The van der Waals surface area contributed by atoms with Gasteiger partial charge in [0.15, 0.2) is 6.10 Å². The van der Waals surface area contributed by atoms with Gasteiger partial charge in [0.05, 0.1) is 0 Å². The molecule has 1 unspecified atom stereocenters. The van der Waals surface area contributed by atoms with E-state index in [4.69, 9.17) is 14.2 Å². The number of carbonyl (C=O) groups excluding carboxylic acids is 3. The average Bonchev–Trinajstić information content (AvgIpc) is 3.41. The van der Waals surface area contributed by atoms with Crippen molar-refractivity contribution in [3.63, 3.8) is 0 Å². The first kappa shape index (κ1) is 70.5. The molecule has 0 bridgehead atoms. The summed E-state index contributed by atoms with van der Waals surface area (Å²) in [5.41, 5.74) is 0. The lowest BCUT2D eigenvalue weighted by Gasteiger charge is -2.18. The molecule has 0 radical (unpaired) electrons. The molecule has 0 saturated carbocycles. The van der Waals surface area contributed by atoms with Crippen molar-refractivity contribution in [2.24, 2.45) is 0 Å². The molecule has 0 amide bonds. The Labute approximate surface area is 462 Å². The van der Waals surface area contributed by atoms with E-state index in [-0.39, 0.29) is 44.0 Å². The van der Waals surface area contributed by atoms with Crippen LogP contribution in [-0.2, 0) is 28.6 Å². The third-order valence-electron chi connectivity index (χ3n) is 12.7. The smallest absolute Gasteiger partial charge is 0.306 e. The zero-order valence-electron chi connectivity index (χ0n) is 48.5. The molecular formula is C69H112O6. The van der Waals surface area contributed by atoms with Crippen LogP contribution in [0.1, 0.15) is 265 Å². The van der Waals surface area contributed by atoms with Gasteiger partial charge in [0.25, 0.3) is 0 Å². The van der Waals surface area contributed by atoms with E-state index in [2.05, 4.69) is 154 Å². The molecule has 0 N–H and O–H groups in total. The van der Waals surface area contributed by atoms with E-state index in [0.717, 1.165) is 128 Å². The van der Waals surface area contributed by atoms with Gasteiger partial charge in [-0.2, -0.15) is 0 Å².